The Morgan fingerprint density at radius 2 is 0.500 bits per heavy atom. The maximum atomic E-state index is 5.92. The minimum Gasteiger partial charge on any atom is -0.496 e. The number of thiophene rings is 6. The first-order valence-corrected chi connectivity index (χ1v) is 26.2. The summed E-state index contributed by atoms with van der Waals surface area (Å²) in [6.45, 7) is 0. The van der Waals surface area contributed by atoms with Gasteiger partial charge >= 0.3 is 0 Å². The van der Waals surface area contributed by atoms with Gasteiger partial charge in [-0.1, -0.05) is 109 Å². The van der Waals surface area contributed by atoms with Crippen LogP contribution in [0.3, 0.4) is 0 Å². The smallest absolute Gasteiger partial charge is 0.126 e. The highest BCUT2D eigenvalue weighted by Crippen LogP contribution is 2.56. The molecular weight excluding hydrogens is 929 g/mol. The minimum atomic E-state index is 0.849. The number of rotatable bonds is 11. The van der Waals surface area contributed by atoms with Gasteiger partial charge in [0.25, 0.3) is 0 Å². The van der Waals surface area contributed by atoms with Gasteiger partial charge in [0.05, 0.1) is 47.2 Å². The summed E-state index contributed by atoms with van der Waals surface area (Å²) in [4.78, 5) is 5.08. The summed E-state index contributed by atoms with van der Waals surface area (Å²) in [6.07, 6.45) is 0. The first-order chi connectivity index (χ1) is 32.5. The Morgan fingerprint density at radius 3 is 0.788 bits per heavy atom. The van der Waals surface area contributed by atoms with Crippen LogP contribution >= 0.6 is 68.0 Å². The van der Waals surface area contributed by atoms with Gasteiger partial charge < -0.3 is 18.9 Å². The number of ether oxygens (including phenoxy) is 4. The van der Waals surface area contributed by atoms with E-state index >= 15 is 0 Å². The molecule has 66 heavy (non-hydrogen) atoms. The molecule has 0 radical (unpaired) electrons. The van der Waals surface area contributed by atoms with Gasteiger partial charge in [-0.15, -0.1) is 68.0 Å². The van der Waals surface area contributed by atoms with E-state index in [2.05, 4.69) is 109 Å². The Labute approximate surface area is 405 Å². The number of benzene rings is 6. The number of para-hydroxylation sites is 4. The van der Waals surface area contributed by atoms with Crippen LogP contribution in [0.2, 0.25) is 0 Å². The van der Waals surface area contributed by atoms with E-state index < -0.39 is 0 Å². The molecule has 6 heterocycles. The molecule has 322 valence electrons. The first-order valence-electron chi connectivity index (χ1n) is 21.3. The fraction of sp³-hybridized carbons (Fsp3) is 0.0714. The largest absolute Gasteiger partial charge is 0.496 e. The van der Waals surface area contributed by atoms with Gasteiger partial charge in [-0.3, -0.25) is 0 Å². The summed E-state index contributed by atoms with van der Waals surface area (Å²) >= 11 is 11.4. The summed E-state index contributed by atoms with van der Waals surface area (Å²) in [5.74, 6) is 3.40. The van der Waals surface area contributed by atoms with Crippen LogP contribution in [-0.4, -0.2) is 28.4 Å². The van der Waals surface area contributed by atoms with Crippen LogP contribution in [0.5, 0.6) is 23.0 Å². The van der Waals surface area contributed by atoms with Crippen molar-refractivity contribution in [3.8, 4) is 98.1 Å². The summed E-state index contributed by atoms with van der Waals surface area (Å²) in [6, 6.07) is 56.0. The van der Waals surface area contributed by atoms with Crippen molar-refractivity contribution in [1.82, 2.24) is 0 Å². The summed E-state index contributed by atoms with van der Waals surface area (Å²) in [5, 5.41) is 0. The summed E-state index contributed by atoms with van der Waals surface area (Å²) in [7, 11) is 6.98. The molecule has 0 N–H and O–H groups in total. The zero-order valence-corrected chi connectivity index (χ0v) is 41.0. The van der Waals surface area contributed by atoms with Crippen LogP contribution in [-0.2, 0) is 0 Å². The van der Waals surface area contributed by atoms with Gasteiger partial charge in [-0.2, -0.15) is 0 Å². The number of fused-ring (bicyclic) bond motifs is 6. The highest BCUT2D eigenvalue weighted by Gasteiger charge is 2.25. The van der Waals surface area contributed by atoms with Crippen molar-refractivity contribution in [2.75, 3.05) is 28.4 Å². The van der Waals surface area contributed by atoms with Crippen molar-refractivity contribution >= 4 is 106 Å². The van der Waals surface area contributed by atoms with Crippen molar-refractivity contribution in [1.29, 1.82) is 0 Å². The molecule has 0 aliphatic rings. The quantitative estimate of drug-likeness (QED) is 0.129. The molecule has 0 saturated heterocycles. The SMILES string of the molecule is COc1ccccc1-c1cccc(-c2ccccc2OC)c1-c1cc2sc3cc(-c4cc5sc6cc(-c7c(-c8ccccc8OC)cccc7-c7ccccc7OC)sc6c5s4)sc3c2s1. The topological polar surface area (TPSA) is 36.9 Å². The van der Waals surface area contributed by atoms with E-state index in [-0.39, 0.29) is 0 Å². The number of methoxy groups -OCH3 is 4. The van der Waals surface area contributed by atoms with Crippen LogP contribution in [0, 0.1) is 0 Å². The van der Waals surface area contributed by atoms with E-state index in [1.807, 2.05) is 117 Å². The lowest BCUT2D eigenvalue weighted by molar-refractivity contribution is 0.416. The summed E-state index contributed by atoms with van der Waals surface area (Å²) < 4.78 is 34.4. The fourth-order valence-corrected chi connectivity index (χ4v) is 17.4. The van der Waals surface area contributed by atoms with Crippen LogP contribution in [0.25, 0.3) is 113 Å². The predicted molar refractivity (Wildman–Crippen MR) is 288 cm³/mol. The van der Waals surface area contributed by atoms with Crippen molar-refractivity contribution in [3.63, 3.8) is 0 Å². The number of hydrogen-bond donors (Lipinski definition) is 0. The van der Waals surface area contributed by atoms with Gasteiger partial charge in [0, 0.05) is 71.7 Å². The standard InChI is InChI=1S/C56H38O4S6/c1-57-39-23-9-5-15-31(39)35-19-13-20-36(32-16-6-10-24-40(32)58-2)51(35)45-29-49-55(65-45)53-47(61-49)27-43(63-53)44-28-48-54(64-44)56-50(62-48)30-46(66-56)52-37(33-17-7-11-25-41(33)59-3)21-14-22-38(52)34-18-8-12-26-42(34)60-4/h5-30H,1-4H3. The predicted octanol–water partition coefficient (Wildman–Crippen LogP) is 18.4. The van der Waals surface area contributed by atoms with Crippen molar-refractivity contribution < 1.29 is 18.9 Å². The summed E-state index contributed by atoms with van der Waals surface area (Å²) in [5.41, 5.74) is 11.2. The Morgan fingerprint density at radius 1 is 0.258 bits per heavy atom. The van der Waals surface area contributed by atoms with E-state index in [0.29, 0.717) is 0 Å². The lowest BCUT2D eigenvalue weighted by Crippen LogP contribution is -1.94. The molecule has 4 nitrogen and oxygen atoms in total. The monoisotopic (exact) mass is 966 g/mol. The van der Waals surface area contributed by atoms with E-state index in [1.54, 1.807) is 28.4 Å². The normalized spacial score (nSPS) is 11.6. The maximum Gasteiger partial charge on any atom is 0.126 e. The highest BCUT2D eigenvalue weighted by molar-refractivity contribution is 7.42. The third kappa shape index (κ3) is 6.77. The highest BCUT2D eigenvalue weighted by atomic mass is 32.1. The molecule has 0 saturated carbocycles. The number of hydrogen-bond acceptors (Lipinski definition) is 10. The molecule has 12 rings (SSSR count). The van der Waals surface area contributed by atoms with Crippen molar-refractivity contribution in [2.45, 2.75) is 0 Å². The minimum absolute atomic E-state index is 0.849. The molecule has 0 atom stereocenters. The van der Waals surface area contributed by atoms with E-state index in [0.717, 1.165) is 67.5 Å². The molecule has 0 fully saturated rings. The van der Waals surface area contributed by atoms with Gasteiger partial charge in [0.1, 0.15) is 23.0 Å². The molecule has 6 aromatic carbocycles. The Kier molecular flexibility index (Phi) is 10.5. The Hall–Kier alpha value is -6.24. The molecule has 10 heteroatoms. The third-order valence-corrected chi connectivity index (χ3v) is 19.9. The average molecular weight is 967 g/mol. The van der Waals surface area contributed by atoms with E-state index in [1.165, 1.54) is 68.2 Å². The van der Waals surface area contributed by atoms with Gasteiger partial charge in [-0.05, 0) is 70.8 Å². The second kappa shape index (κ2) is 16.9. The van der Waals surface area contributed by atoms with Gasteiger partial charge in [0.2, 0.25) is 0 Å². The van der Waals surface area contributed by atoms with Crippen LogP contribution in [0.15, 0.2) is 158 Å². The molecule has 0 spiro atoms. The molecular formula is C56H38O4S6. The third-order valence-electron chi connectivity index (χ3n) is 12.1. The molecule has 0 bridgehead atoms. The van der Waals surface area contributed by atoms with E-state index in [4.69, 9.17) is 18.9 Å². The zero-order valence-electron chi connectivity index (χ0n) is 36.1. The van der Waals surface area contributed by atoms with Gasteiger partial charge in [-0.25, -0.2) is 0 Å². The van der Waals surface area contributed by atoms with Crippen LogP contribution < -0.4 is 18.9 Å². The van der Waals surface area contributed by atoms with Crippen molar-refractivity contribution in [2.24, 2.45) is 0 Å². The second-order valence-corrected chi connectivity index (χ2v) is 22.1. The fourth-order valence-electron chi connectivity index (χ4n) is 9.16. The Balaban J connectivity index is 0.965. The molecule has 6 aromatic heterocycles. The molecule has 0 unspecified atom stereocenters. The van der Waals surface area contributed by atoms with Gasteiger partial charge in [0.15, 0.2) is 0 Å². The lowest BCUT2D eigenvalue weighted by atomic mass is 9.90. The molecule has 12 aromatic rings. The maximum absolute atomic E-state index is 5.92. The first kappa shape index (κ1) is 41.2. The molecule has 0 aliphatic heterocycles. The van der Waals surface area contributed by atoms with Crippen molar-refractivity contribution in [3.05, 3.63) is 158 Å². The van der Waals surface area contributed by atoms with Crippen LogP contribution in [0.1, 0.15) is 0 Å². The zero-order chi connectivity index (χ0) is 44.5. The molecule has 0 amide bonds. The average Bonchev–Trinajstić information content (AvgIpc) is 4.23. The Bertz CT molecular complexity index is 3420. The van der Waals surface area contributed by atoms with E-state index in [9.17, 15) is 0 Å². The molecule has 0 aliphatic carbocycles. The lowest BCUT2D eigenvalue weighted by Gasteiger charge is -2.18. The second-order valence-electron chi connectivity index (χ2n) is 15.7. The van der Waals surface area contributed by atoms with Crippen LogP contribution in [0.4, 0.5) is 0 Å².